The van der Waals surface area contributed by atoms with E-state index in [0.29, 0.717) is 6.54 Å². The average Bonchev–Trinajstić information content (AvgIpc) is 2.76. The van der Waals surface area contributed by atoms with Gasteiger partial charge in [0, 0.05) is 4.47 Å². The first-order chi connectivity index (χ1) is 9.00. The van der Waals surface area contributed by atoms with Gasteiger partial charge in [0.25, 0.3) is 0 Å². The predicted molar refractivity (Wildman–Crippen MR) is 76.5 cm³/mol. The molecule has 19 heavy (non-hydrogen) atoms. The van der Waals surface area contributed by atoms with Crippen molar-refractivity contribution in [2.24, 2.45) is 0 Å². The second kappa shape index (κ2) is 5.57. The molecule has 0 saturated carbocycles. The Hall–Kier alpha value is -1.62. The molecule has 0 aliphatic rings. The number of halogens is 1. The van der Waals surface area contributed by atoms with E-state index >= 15 is 0 Å². The smallest absolute Gasteiger partial charge is 0.339 e. The van der Waals surface area contributed by atoms with Gasteiger partial charge < -0.3 is 5.11 Å². The average molecular weight is 323 g/mol. The van der Waals surface area contributed by atoms with Gasteiger partial charge in [-0.1, -0.05) is 48.0 Å². The van der Waals surface area contributed by atoms with E-state index in [2.05, 4.69) is 21.0 Å². The number of nitrogens with zero attached hydrogens (tertiary/aromatic N) is 2. The van der Waals surface area contributed by atoms with Crippen LogP contribution in [0.5, 0.6) is 0 Å². The van der Waals surface area contributed by atoms with E-state index in [0.717, 1.165) is 15.7 Å². The minimum atomic E-state index is -0.929. The minimum Gasteiger partial charge on any atom is -0.478 e. The summed E-state index contributed by atoms with van der Waals surface area (Å²) in [6.07, 6.45) is 1.43. The molecule has 2 aromatic rings. The number of carboxylic acids is 1. The van der Waals surface area contributed by atoms with Gasteiger partial charge >= 0.3 is 5.97 Å². The third-order valence-corrected chi connectivity index (χ3v) is 3.71. The number of rotatable bonds is 4. The van der Waals surface area contributed by atoms with Crippen LogP contribution in [0.25, 0.3) is 0 Å². The first-order valence-corrected chi connectivity index (χ1v) is 6.82. The predicted octanol–water partition coefficient (Wildman–Crippen LogP) is 3.52. The quantitative estimate of drug-likeness (QED) is 0.937. The zero-order valence-corrected chi connectivity index (χ0v) is 12.4. The number of aromatic carboxylic acids is 1. The van der Waals surface area contributed by atoms with Crippen LogP contribution >= 0.6 is 15.9 Å². The van der Waals surface area contributed by atoms with Crippen LogP contribution in [0.15, 0.2) is 34.9 Å². The molecule has 0 bridgehead atoms. The standard InChI is InChI=1S/C14H15BrN2O2/c1-9(2)13-11(14(18)19)7-16-17(13)8-10-5-3-4-6-12(10)15/h3-7,9H,8H2,1-2H3,(H,18,19). The molecule has 0 saturated heterocycles. The second-order valence-corrected chi connectivity index (χ2v) is 5.51. The molecule has 100 valence electrons. The fourth-order valence-corrected chi connectivity index (χ4v) is 2.49. The summed E-state index contributed by atoms with van der Waals surface area (Å²) >= 11 is 3.49. The maximum absolute atomic E-state index is 11.2. The van der Waals surface area contributed by atoms with Crippen LogP contribution in [0, 0.1) is 0 Å². The molecule has 0 unspecified atom stereocenters. The van der Waals surface area contributed by atoms with Crippen LogP contribution in [0.2, 0.25) is 0 Å². The lowest BCUT2D eigenvalue weighted by molar-refractivity contribution is 0.0695. The van der Waals surface area contributed by atoms with Crippen LogP contribution in [-0.2, 0) is 6.54 Å². The normalized spacial score (nSPS) is 10.9. The van der Waals surface area contributed by atoms with Crippen molar-refractivity contribution in [1.29, 1.82) is 0 Å². The molecule has 1 N–H and O–H groups in total. The zero-order chi connectivity index (χ0) is 14.0. The van der Waals surface area contributed by atoms with E-state index in [-0.39, 0.29) is 11.5 Å². The van der Waals surface area contributed by atoms with Crippen LogP contribution in [0.1, 0.15) is 41.4 Å². The number of benzene rings is 1. The van der Waals surface area contributed by atoms with Gasteiger partial charge in [0.05, 0.1) is 18.4 Å². The Kier molecular flexibility index (Phi) is 4.04. The molecule has 4 nitrogen and oxygen atoms in total. The minimum absolute atomic E-state index is 0.107. The summed E-state index contributed by atoms with van der Waals surface area (Å²) in [6.45, 7) is 4.50. The number of carboxylic acid groups (broad SMARTS) is 1. The molecule has 1 aromatic heterocycles. The van der Waals surface area contributed by atoms with Crippen molar-refractivity contribution < 1.29 is 9.90 Å². The van der Waals surface area contributed by atoms with Gasteiger partial charge in [0.15, 0.2) is 0 Å². The molecular formula is C14H15BrN2O2. The Morgan fingerprint density at radius 3 is 2.68 bits per heavy atom. The summed E-state index contributed by atoms with van der Waals surface area (Å²) in [4.78, 5) is 11.2. The van der Waals surface area contributed by atoms with E-state index in [9.17, 15) is 9.90 Å². The molecule has 0 fully saturated rings. The summed E-state index contributed by atoms with van der Waals surface area (Å²) in [6, 6.07) is 7.86. The SMILES string of the molecule is CC(C)c1c(C(=O)O)cnn1Cc1ccccc1Br. The van der Waals surface area contributed by atoms with E-state index in [4.69, 9.17) is 0 Å². The Morgan fingerprint density at radius 2 is 2.11 bits per heavy atom. The topological polar surface area (TPSA) is 55.1 Å². The van der Waals surface area contributed by atoms with Crippen molar-refractivity contribution >= 4 is 21.9 Å². The third-order valence-electron chi connectivity index (χ3n) is 2.94. The van der Waals surface area contributed by atoms with Crippen molar-refractivity contribution in [2.75, 3.05) is 0 Å². The summed E-state index contributed by atoms with van der Waals surface area (Å²) in [5.41, 5.74) is 2.11. The van der Waals surface area contributed by atoms with Crippen LogP contribution in [0.4, 0.5) is 0 Å². The first-order valence-electron chi connectivity index (χ1n) is 6.03. The van der Waals surface area contributed by atoms with E-state index in [1.54, 1.807) is 4.68 Å². The lowest BCUT2D eigenvalue weighted by Crippen LogP contribution is -2.11. The van der Waals surface area contributed by atoms with Crippen molar-refractivity contribution in [3.8, 4) is 0 Å². The van der Waals surface area contributed by atoms with Crippen molar-refractivity contribution in [3.63, 3.8) is 0 Å². The number of hydrogen-bond acceptors (Lipinski definition) is 2. The largest absolute Gasteiger partial charge is 0.478 e. The second-order valence-electron chi connectivity index (χ2n) is 4.65. The monoisotopic (exact) mass is 322 g/mol. The van der Waals surface area contributed by atoms with Crippen molar-refractivity contribution in [1.82, 2.24) is 9.78 Å². The van der Waals surface area contributed by atoms with Gasteiger partial charge in [-0.2, -0.15) is 5.10 Å². The molecule has 0 aliphatic carbocycles. The molecule has 0 aliphatic heterocycles. The van der Waals surface area contributed by atoms with Gasteiger partial charge in [-0.3, -0.25) is 4.68 Å². The molecule has 1 heterocycles. The van der Waals surface area contributed by atoms with E-state index in [1.165, 1.54) is 6.20 Å². The maximum Gasteiger partial charge on any atom is 0.339 e. The Bertz CT molecular complexity index is 605. The highest BCUT2D eigenvalue weighted by molar-refractivity contribution is 9.10. The molecule has 0 spiro atoms. The highest BCUT2D eigenvalue weighted by atomic mass is 79.9. The van der Waals surface area contributed by atoms with Crippen molar-refractivity contribution in [2.45, 2.75) is 26.3 Å². The third kappa shape index (κ3) is 2.87. The maximum atomic E-state index is 11.2. The lowest BCUT2D eigenvalue weighted by Gasteiger charge is -2.12. The number of carbonyl (C=O) groups is 1. The van der Waals surface area contributed by atoms with Crippen LogP contribution in [-0.4, -0.2) is 20.9 Å². The molecule has 2 rings (SSSR count). The van der Waals surface area contributed by atoms with Crippen LogP contribution in [0.3, 0.4) is 0 Å². The molecule has 1 aromatic carbocycles. The Morgan fingerprint density at radius 1 is 1.42 bits per heavy atom. The number of aromatic nitrogens is 2. The fourth-order valence-electron chi connectivity index (χ4n) is 2.08. The molecular weight excluding hydrogens is 308 g/mol. The summed E-state index contributed by atoms with van der Waals surface area (Å²) < 4.78 is 2.76. The highest BCUT2D eigenvalue weighted by Gasteiger charge is 2.19. The fraction of sp³-hybridized carbons (Fsp3) is 0.286. The van der Waals surface area contributed by atoms with Gasteiger partial charge in [0.1, 0.15) is 5.56 Å². The van der Waals surface area contributed by atoms with E-state index < -0.39 is 5.97 Å². The zero-order valence-electron chi connectivity index (χ0n) is 10.8. The number of hydrogen-bond donors (Lipinski definition) is 1. The van der Waals surface area contributed by atoms with Gasteiger partial charge in [-0.15, -0.1) is 0 Å². The van der Waals surface area contributed by atoms with Gasteiger partial charge in [-0.25, -0.2) is 4.79 Å². The summed E-state index contributed by atoms with van der Waals surface area (Å²) in [7, 11) is 0. The Balaban J connectivity index is 2.41. The summed E-state index contributed by atoms with van der Waals surface area (Å²) in [5.74, 6) is -0.821. The first kappa shape index (κ1) is 13.8. The Labute approximate surface area is 120 Å². The van der Waals surface area contributed by atoms with E-state index in [1.807, 2.05) is 38.1 Å². The molecule has 0 atom stereocenters. The van der Waals surface area contributed by atoms with Crippen LogP contribution < -0.4 is 0 Å². The highest BCUT2D eigenvalue weighted by Crippen LogP contribution is 2.23. The molecule has 0 radical (unpaired) electrons. The van der Waals surface area contributed by atoms with Gasteiger partial charge in [0.2, 0.25) is 0 Å². The van der Waals surface area contributed by atoms with Gasteiger partial charge in [-0.05, 0) is 17.5 Å². The molecule has 0 amide bonds. The lowest BCUT2D eigenvalue weighted by atomic mass is 10.1. The molecule has 5 heteroatoms. The van der Waals surface area contributed by atoms with Crippen molar-refractivity contribution in [3.05, 3.63) is 51.8 Å². The summed E-state index contributed by atoms with van der Waals surface area (Å²) in [5, 5.41) is 13.4.